The molecule has 1 amide bonds. The summed E-state index contributed by atoms with van der Waals surface area (Å²) in [5.74, 6) is -1.43. The lowest BCUT2D eigenvalue weighted by Gasteiger charge is -2.27. The van der Waals surface area contributed by atoms with E-state index < -0.39 is 23.3 Å². The first-order valence-corrected chi connectivity index (χ1v) is 6.37. The second-order valence-electron chi connectivity index (χ2n) is 5.74. The molecule has 1 aromatic carbocycles. The van der Waals surface area contributed by atoms with E-state index >= 15 is 0 Å². The van der Waals surface area contributed by atoms with Crippen LogP contribution in [0, 0.1) is 5.41 Å². The fourth-order valence-corrected chi connectivity index (χ4v) is 1.78. The van der Waals surface area contributed by atoms with Crippen molar-refractivity contribution < 1.29 is 19.4 Å². The average molecular weight is 279 g/mol. The van der Waals surface area contributed by atoms with Crippen molar-refractivity contribution in [2.24, 2.45) is 5.41 Å². The van der Waals surface area contributed by atoms with Gasteiger partial charge in [0.25, 0.3) is 5.91 Å². The highest BCUT2D eigenvalue weighted by Gasteiger charge is 2.32. The normalized spacial score (nSPS) is 12.8. The Morgan fingerprint density at radius 3 is 2.20 bits per heavy atom. The van der Waals surface area contributed by atoms with Crippen LogP contribution >= 0.6 is 0 Å². The van der Waals surface area contributed by atoms with E-state index in [1.165, 1.54) is 0 Å². The molecule has 0 aromatic heterocycles. The largest absolute Gasteiger partial charge is 0.480 e. The molecule has 0 aliphatic heterocycles. The summed E-state index contributed by atoms with van der Waals surface area (Å²) in [4.78, 5) is 23.3. The predicted octanol–water partition coefficient (Wildman–Crippen LogP) is 2.06. The van der Waals surface area contributed by atoms with Gasteiger partial charge in [-0.2, -0.15) is 0 Å². The number of aliphatic carboxylic acids is 1. The van der Waals surface area contributed by atoms with Crippen LogP contribution in [0.2, 0.25) is 0 Å². The van der Waals surface area contributed by atoms with Gasteiger partial charge < -0.3 is 15.2 Å². The molecule has 0 bridgehead atoms. The van der Waals surface area contributed by atoms with Crippen LogP contribution in [0.3, 0.4) is 0 Å². The highest BCUT2D eigenvalue weighted by atomic mass is 16.5. The third kappa shape index (κ3) is 4.35. The topological polar surface area (TPSA) is 75.6 Å². The third-order valence-electron chi connectivity index (χ3n) is 2.92. The number of benzene rings is 1. The summed E-state index contributed by atoms with van der Waals surface area (Å²) in [6, 6.07) is 5.95. The fourth-order valence-electron chi connectivity index (χ4n) is 1.78. The smallest absolute Gasteiger partial charge is 0.326 e. The molecule has 1 rings (SSSR count). The quantitative estimate of drug-likeness (QED) is 0.865. The fraction of sp³-hybridized carbons (Fsp3) is 0.467. The van der Waals surface area contributed by atoms with Gasteiger partial charge in [0.05, 0.1) is 6.61 Å². The van der Waals surface area contributed by atoms with Crippen molar-refractivity contribution in [3.05, 3.63) is 35.4 Å². The van der Waals surface area contributed by atoms with E-state index in [1.807, 2.05) is 0 Å². The minimum atomic E-state index is -1.04. The summed E-state index contributed by atoms with van der Waals surface area (Å²) in [5, 5.41) is 11.7. The lowest BCUT2D eigenvalue weighted by molar-refractivity contribution is -0.142. The Kier molecular flexibility index (Phi) is 5.27. The highest BCUT2D eigenvalue weighted by molar-refractivity contribution is 5.96. The SMILES string of the molecule is COCc1ccc(C(=O)N[C@H](C(=O)O)C(C)(C)C)cc1. The molecule has 0 aliphatic carbocycles. The minimum Gasteiger partial charge on any atom is -0.480 e. The van der Waals surface area contributed by atoms with Crippen LogP contribution in [0.15, 0.2) is 24.3 Å². The van der Waals surface area contributed by atoms with Crippen molar-refractivity contribution >= 4 is 11.9 Å². The number of carbonyl (C=O) groups excluding carboxylic acids is 1. The summed E-state index contributed by atoms with van der Waals surface area (Å²) in [7, 11) is 1.60. The molecule has 2 N–H and O–H groups in total. The molecule has 0 fully saturated rings. The Morgan fingerprint density at radius 2 is 1.80 bits per heavy atom. The Bertz CT molecular complexity index is 474. The molecule has 0 heterocycles. The van der Waals surface area contributed by atoms with Crippen molar-refractivity contribution in [1.29, 1.82) is 0 Å². The number of hydrogen-bond donors (Lipinski definition) is 2. The molecular formula is C15H21NO4. The summed E-state index contributed by atoms with van der Waals surface area (Å²) >= 11 is 0. The van der Waals surface area contributed by atoms with Gasteiger partial charge in [0.1, 0.15) is 6.04 Å². The van der Waals surface area contributed by atoms with Crippen LogP contribution in [0.1, 0.15) is 36.7 Å². The van der Waals surface area contributed by atoms with E-state index in [0.717, 1.165) is 5.56 Å². The lowest BCUT2D eigenvalue weighted by atomic mass is 9.86. The Hall–Kier alpha value is -1.88. The van der Waals surface area contributed by atoms with Gasteiger partial charge in [-0.05, 0) is 23.1 Å². The van der Waals surface area contributed by atoms with E-state index in [0.29, 0.717) is 12.2 Å². The van der Waals surface area contributed by atoms with Crippen LogP contribution < -0.4 is 5.32 Å². The van der Waals surface area contributed by atoms with Crippen molar-refractivity contribution in [2.45, 2.75) is 33.4 Å². The molecular weight excluding hydrogens is 258 g/mol. The van der Waals surface area contributed by atoms with Crippen LogP contribution in [0.25, 0.3) is 0 Å². The number of amides is 1. The highest BCUT2D eigenvalue weighted by Crippen LogP contribution is 2.20. The number of ether oxygens (including phenoxy) is 1. The predicted molar refractivity (Wildman–Crippen MR) is 75.5 cm³/mol. The number of methoxy groups -OCH3 is 1. The van der Waals surface area contributed by atoms with Gasteiger partial charge in [0, 0.05) is 12.7 Å². The first-order valence-electron chi connectivity index (χ1n) is 6.37. The Labute approximate surface area is 118 Å². The number of carboxylic acid groups (broad SMARTS) is 1. The second-order valence-corrected chi connectivity index (χ2v) is 5.74. The van der Waals surface area contributed by atoms with Gasteiger partial charge in [-0.15, -0.1) is 0 Å². The maximum absolute atomic E-state index is 12.1. The van der Waals surface area contributed by atoms with E-state index in [2.05, 4.69) is 5.32 Å². The van der Waals surface area contributed by atoms with Gasteiger partial charge in [-0.1, -0.05) is 32.9 Å². The first-order chi connectivity index (χ1) is 9.25. The molecule has 0 aliphatic rings. The van der Waals surface area contributed by atoms with Crippen molar-refractivity contribution in [3.63, 3.8) is 0 Å². The lowest BCUT2D eigenvalue weighted by Crippen LogP contribution is -2.49. The zero-order valence-electron chi connectivity index (χ0n) is 12.3. The van der Waals surface area contributed by atoms with Crippen LogP contribution in [-0.4, -0.2) is 30.1 Å². The Morgan fingerprint density at radius 1 is 1.25 bits per heavy atom. The Balaban J connectivity index is 2.81. The molecule has 5 nitrogen and oxygen atoms in total. The monoisotopic (exact) mass is 279 g/mol. The van der Waals surface area contributed by atoms with Gasteiger partial charge in [0.2, 0.25) is 0 Å². The van der Waals surface area contributed by atoms with Crippen LogP contribution in [0.5, 0.6) is 0 Å². The van der Waals surface area contributed by atoms with Crippen molar-refractivity contribution in [1.82, 2.24) is 5.32 Å². The summed E-state index contributed by atoms with van der Waals surface area (Å²) < 4.78 is 4.99. The summed E-state index contributed by atoms with van der Waals surface area (Å²) in [5.41, 5.74) is 0.826. The van der Waals surface area contributed by atoms with Gasteiger partial charge in [0.15, 0.2) is 0 Å². The van der Waals surface area contributed by atoms with E-state index in [1.54, 1.807) is 52.1 Å². The zero-order chi connectivity index (χ0) is 15.3. The van der Waals surface area contributed by atoms with Crippen molar-refractivity contribution in [2.75, 3.05) is 7.11 Å². The van der Waals surface area contributed by atoms with Crippen LogP contribution in [0.4, 0.5) is 0 Å². The number of nitrogens with one attached hydrogen (secondary N) is 1. The molecule has 0 saturated carbocycles. The number of hydrogen-bond acceptors (Lipinski definition) is 3. The molecule has 0 spiro atoms. The molecule has 20 heavy (non-hydrogen) atoms. The number of carbonyl (C=O) groups is 2. The van der Waals surface area contributed by atoms with Gasteiger partial charge in [-0.3, -0.25) is 4.79 Å². The third-order valence-corrected chi connectivity index (χ3v) is 2.92. The number of carboxylic acids is 1. The van der Waals surface area contributed by atoms with E-state index in [4.69, 9.17) is 4.74 Å². The first kappa shape index (κ1) is 16.2. The molecule has 0 radical (unpaired) electrons. The summed E-state index contributed by atoms with van der Waals surface area (Å²) in [6.07, 6.45) is 0. The zero-order valence-corrected chi connectivity index (χ0v) is 12.3. The molecule has 0 saturated heterocycles. The summed E-state index contributed by atoms with van der Waals surface area (Å²) in [6.45, 7) is 5.79. The maximum Gasteiger partial charge on any atom is 0.326 e. The van der Waals surface area contributed by atoms with E-state index in [-0.39, 0.29) is 0 Å². The van der Waals surface area contributed by atoms with Gasteiger partial charge in [-0.25, -0.2) is 4.79 Å². The second kappa shape index (κ2) is 6.52. The standard InChI is InChI=1S/C15H21NO4/c1-15(2,3)12(14(18)19)16-13(17)11-7-5-10(6-8-11)9-20-4/h5-8,12H,9H2,1-4H3,(H,16,17)(H,18,19)/t12-/m1/s1. The van der Waals surface area contributed by atoms with E-state index in [9.17, 15) is 14.7 Å². The number of rotatable bonds is 5. The molecule has 0 unspecified atom stereocenters. The maximum atomic E-state index is 12.1. The molecule has 1 atom stereocenters. The van der Waals surface area contributed by atoms with Crippen LogP contribution in [-0.2, 0) is 16.1 Å². The average Bonchev–Trinajstić information content (AvgIpc) is 2.35. The van der Waals surface area contributed by atoms with Crippen molar-refractivity contribution in [3.8, 4) is 0 Å². The molecule has 110 valence electrons. The molecule has 1 aromatic rings. The molecule has 5 heteroatoms. The van der Waals surface area contributed by atoms with Gasteiger partial charge >= 0.3 is 5.97 Å². The minimum absolute atomic E-state index is 0.392.